The summed E-state index contributed by atoms with van der Waals surface area (Å²) in [5, 5.41) is 0. The summed E-state index contributed by atoms with van der Waals surface area (Å²) in [7, 11) is -20.7. The second-order valence-corrected chi connectivity index (χ2v) is 4.90. The Bertz CT molecular complexity index is 485. The molecular weight excluding hydrogens is 600 g/mol. The Hall–Kier alpha value is 1.21. The topological polar surface area (TPSA) is 321 Å². The first kappa shape index (κ1) is 44.0. The molecule has 0 heterocycles. The van der Waals surface area contributed by atoms with Crippen LogP contribution in [0.15, 0.2) is 0 Å². The van der Waals surface area contributed by atoms with Crippen molar-refractivity contribution in [2.45, 2.75) is 0 Å². The summed E-state index contributed by atoms with van der Waals surface area (Å²) < 4.78 is 136. The molecule has 0 atom stereocenters. The molecule has 23 heavy (non-hydrogen) atoms. The maximum Gasteiger partial charge on any atom is 4.00 e. The Balaban J connectivity index is -0.0000000284. The Morgan fingerprint density at radius 1 is 0.391 bits per heavy atom. The van der Waals surface area contributed by atoms with Crippen LogP contribution >= 0.6 is 0 Å². The van der Waals surface area contributed by atoms with Crippen molar-refractivity contribution in [3.63, 3.8) is 0 Å². The van der Waals surface area contributed by atoms with Gasteiger partial charge < -0.3 is 36.4 Å². The van der Waals surface area contributed by atoms with Gasteiger partial charge in [0.15, 0.2) is 0 Å². The third-order valence-electron chi connectivity index (χ3n) is 0. The number of hydrogen-bond acceptors (Lipinski definition) is 16. The predicted octanol–water partition coefficient (Wildman–Crippen LogP) is -5.36. The molecule has 0 aliphatic rings. The van der Waals surface area contributed by atoms with Crippen LogP contribution in [0.1, 0.15) is 0 Å². The third-order valence-corrected chi connectivity index (χ3v) is 0. The third kappa shape index (κ3) is 7160. The monoisotopic (exact) mass is 601 g/mol. The van der Waals surface area contributed by atoms with Crippen molar-refractivity contribution >= 4 is 41.6 Å². The fourth-order valence-electron chi connectivity index (χ4n) is 0. The average Bonchev–Trinajstić information content (AvgIpc) is 1.62. The van der Waals surface area contributed by atoms with E-state index in [1.165, 1.54) is 0 Å². The second kappa shape index (κ2) is 18.0. The van der Waals surface area contributed by atoms with Gasteiger partial charge in [-0.3, -0.25) is 33.7 Å². The van der Waals surface area contributed by atoms with Crippen molar-refractivity contribution in [2.75, 3.05) is 0 Å². The van der Waals surface area contributed by atoms with Gasteiger partial charge >= 0.3 is 55.2 Å². The summed E-state index contributed by atoms with van der Waals surface area (Å²) in [5.41, 5.74) is 0. The Morgan fingerprint density at radius 2 is 0.391 bits per heavy atom. The van der Waals surface area contributed by atoms with Gasteiger partial charge in [-0.05, 0) is 0 Å². The molecule has 145 valence electrons. The Labute approximate surface area is 165 Å². The molecule has 16 nitrogen and oxygen atoms in total. The molecule has 0 aromatic rings. The molecule has 0 rings (SSSR count). The molecule has 23 heteroatoms. The first-order chi connectivity index (χ1) is 8.00. The van der Waals surface area contributed by atoms with E-state index in [1.54, 1.807) is 0 Å². The summed E-state index contributed by atoms with van der Waals surface area (Å²) in [6.45, 7) is 0. The smallest absolute Gasteiger partial charge is 0.759 e. The predicted molar refractivity (Wildman–Crippen MR) is 41.9 cm³/mol. The van der Waals surface area contributed by atoms with E-state index in [0.717, 1.165) is 0 Å². The van der Waals surface area contributed by atoms with Crippen molar-refractivity contribution < 1.29 is 125 Å². The van der Waals surface area contributed by atoms with E-state index in [4.69, 9.17) is 70.1 Å². The Kier molecular flexibility index (Phi) is 34.5. The van der Waals surface area contributed by atoms with E-state index in [2.05, 4.69) is 0 Å². The molecule has 0 saturated heterocycles. The maximum absolute atomic E-state index is 8.52. The van der Waals surface area contributed by atoms with Gasteiger partial charge in [-0.25, -0.2) is 0 Å². The molecule has 0 aliphatic carbocycles. The number of rotatable bonds is 0. The van der Waals surface area contributed by atoms with Gasteiger partial charge in [0.1, 0.15) is 0 Å². The fourth-order valence-corrected chi connectivity index (χ4v) is 0. The van der Waals surface area contributed by atoms with E-state index in [1.807, 2.05) is 0 Å². The van der Waals surface area contributed by atoms with Crippen LogP contribution in [0.2, 0.25) is 0 Å². The molecule has 1 radical (unpaired) electrons. The normalized spacial score (nSPS) is 10.1. The van der Waals surface area contributed by atoms with Crippen LogP contribution in [0.5, 0.6) is 0 Å². The zero-order valence-electron chi connectivity index (χ0n) is 9.23. The first-order valence-electron chi connectivity index (χ1n) is 2.67. The van der Waals surface area contributed by atoms with Crippen molar-refractivity contribution in [3.8, 4) is 0 Å². The molecule has 0 spiro atoms. The largest absolute Gasteiger partial charge is 4.00 e. The minimum absolute atomic E-state index is 0. The van der Waals surface area contributed by atoms with E-state index < -0.39 is 41.6 Å². The van der Waals surface area contributed by atoms with Gasteiger partial charge in [-0.15, -0.1) is 0 Å². The molecule has 0 aliphatic heterocycles. The fraction of sp³-hybridized carbons (Fsp3) is 0. The molecule has 0 bridgehead atoms. The molecule has 0 saturated carbocycles. The van der Waals surface area contributed by atoms with Crippen LogP contribution in [-0.2, 0) is 96.8 Å². The summed E-state index contributed by atoms with van der Waals surface area (Å²) in [5.74, 6) is 0. The molecule has 0 unspecified atom stereocenters. The minimum atomic E-state index is -5.17. The van der Waals surface area contributed by atoms with E-state index in [9.17, 15) is 0 Å². The van der Waals surface area contributed by atoms with Gasteiger partial charge in [0, 0.05) is 41.6 Å². The Morgan fingerprint density at radius 3 is 0.391 bits per heavy atom. The summed E-state index contributed by atoms with van der Waals surface area (Å²) in [4.78, 5) is 0. The van der Waals surface area contributed by atoms with Crippen LogP contribution in [0, 0.1) is 0 Å². The van der Waals surface area contributed by atoms with Gasteiger partial charge in [-0.1, -0.05) is 0 Å². The van der Waals surface area contributed by atoms with Gasteiger partial charge in [0.25, 0.3) is 0 Å². The SMILES string of the molecule is O=S(=O)([O-])[O-].O=S(=O)([O-])[O-].O=S(=O)([O-])[O-].O=S(=O)([O-])[O-].[Cu+2].[Fe+2].[Mo+4]. The molecule has 0 fully saturated rings. The maximum atomic E-state index is 8.52. The van der Waals surface area contributed by atoms with Crippen molar-refractivity contribution in [2.24, 2.45) is 0 Å². The second-order valence-electron chi connectivity index (χ2n) is 1.63. The molecular formula is CuFeMoO16S4. The first-order valence-corrected chi connectivity index (χ1v) is 8.00. The average molecular weight is 600 g/mol. The van der Waals surface area contributed by atoms with Gasteiger partial charge in [0.05, 0.1) is 0 Å². The number of hydrogen-bond donors (Lipinski definition) is 0. The van der Waals surface area contributed by atoms with E-state index in [0.29, 0.717) is 0 Å². The molecule has 0 aromatic carbocycles. The van der Waals surface area contributed by atoms with Crippen LogP contribution in [0.4, 0.5) is 0 Å². The standard InChI is InChI=1S/Cu.Fe.Mo.4H2O4S/c;;;4*1-5(2,3)4/h;;;4*(H2,1,2,3,4)/q2*+2;+4;;;;/p-8. The van der Waals surface area contributed by atoms with Crippen LogP contribution in [-0.4, -0.2) is 70.1 Å². The van der Waals surface area contributed by atoms with Crippen LogP contribution < -0.4 is 0 Å². The van der Waals surface area contributed by atoms with Crippen molar-refractivity contribution in [1.29, 1.82) is 0 Å². The zero-order chi connectivity index (χ0) is 18.0. The van der Waals surface area contributed by atoms with Gasteiger partial charge in [0.2, 0.25) is 0 Å². The molecule has 0 N–H and O–H groups in total. The minimum Gasteiger partial charge on any atom is -0.759 e. The molecule has 0 aromatic heterocycles. The summed E-state index contributed by atoms with van der Waals surface area (Å²) >= 11 is 0. The summed E-state index contributed by atoms with van der Waals surface area (Å²) in [6, 6.07) is 0. The molecule has 0 amide bonds. The van der Waals surface area contributed by atoms with Gasteiger partial charge in [-0.2, -0.15) is 0 Å². The summed E-state index contributed by atoms with van der Waals surface area (Å²) in [6.07, 6.45) is 0. The van der Waals surface area contributed by atoms with Crippen molar-refractivity contribution in [1.82, 2.24) is 0 Å². The van der Waals surface area contributed by atoms with Crippen LogP contribution in [0.3, 0.4) is 0 Å². The van der Waals surface area contributed by atoms with E-state index in [-0.39, 0.29) is 55.2 Å². The quantitative estimate of drug-likeness (QED) is 0.142. The van der Waals surface area contributed by atoms with Crippen molar-refractivity contribution in [3.05, 3.63) is 0 Å². The van der Waals surface area contributed by atoms with Crippen LogP contribution in [0.25, 0.3) is 0 Å². The zero-order valence-corrected chi connectivity index (χ0v) is 16.5. The van der Waals surface area contributed by atoms with E-state index >= 15 is 0 Å².